The molecule has 0 saturated heterocycles. The summed E-state index contributed by atoms with van der Waals surface area (Å²) < 4.78 is 10.1. The van der Waals surface area contributed by atoms with Crippen LogP contribution in [0.2, 0.25) is 0 Å². The zero-order chi connectivity index (χ0) is 11.3. The Kier molecular flexibility index (Phi) is 3.97. The first-order valence-electron chi connectivity index (χ1n) is 4.75. The van der Waals surface area contributed by atoms with Crippen LogP contribution in [0.25, 0.3) is 0 Å². The second kappa shape index (κ2) is 5.24. The van der Waals surface area contributed by atoms with Crippen LogP contribution in [0.5, 0.6) is 11.5 Å². The first kappa shape index (κ1) is 11.4. The highest BCUT2D eigenvalue weighted by Crippen LogP contribution is 2.17. The average molecular weight is 210 g/mol. The first-order chi connectivity index (χ1) is 7.13. The molecule has 0 spiro atoms. The summed E-state index contributed by atoms with van der Waals surface area (Å²) in [5, 5.41) is 9.04. The second-order valence-electron chi connectivity index (χ2n) is 3.01. The molecule has 1 aromatic rings. The Labute approximate surface area is 88.4 Å². The highest BCUT2D eigenvalue weighted by Gasteiger charge is 2.15. The molecule has 0 aliphatic rings. The topological polar surface area (TPSA) is 55.8 Å². The van der Waals surface area contributed by atoms with Gasteiger partial charge in [-0.05, 0) is 38.1 Å². The zero-order valence-electron chi connectivity index (χ0n) is 8.77. The van der Waals surface area contributed by atoms with Gasteiger partial charge in [-0.1, -0.05) is 0 Å². The fourth-order valence-electron chi connectivity index (χ4n) is 1.04. The molecule has 0 amide bonds. The van der Waals surface area contributed by atoms with Crippen molar-refractivity contribution in [2.24, 2.45) is 0 Å². The predicted molar refractivity (Wildman–Crippen MR) is 54.8 cm³/mol. The van der Waals surface area contributed by atoms with Gasteiger partial charge in [0.1, 0.15) is 11.5 Å². The van der Waals surface area contributed by atoms with Crippen molar-refractivity contribution in [1.29, 1.82) is 0 Å². The van der Waals surface area contributed by atoms with Crippen LogP contribution in [0.3, 0.4) is 0 Å². The molecule has 0 heterocycles. The van der Waals surface area contributed by atoms with Gasteiger partial charge in [0, 0.05) is 0 Å². The lowest BCUT2D eigenvalue weighted by Gasteiger charge is -2.12. The second-order valence-corrected chi connectivity index (χ2v) is 3.01. The quantitative estimate of drug-likeness (QED) is 0.769. The Morgan fingerprint density at radius 2 is 2.00 bits per heavy atom. The molecular formula is C11H14O4. The maximum absolute atomic E-state index is 11.2. The van der Waals surface area contributed by atoms with Gasteiger partial charge in [-0.2, -0.15) is 0 Å². The minimum absolute atomic E-state index is 0.158. The molecule has 0 aliphatic carbocycles. The number of esters is 1. The fourth-order valence-corrected chi connectivity index (χ4v) is 1.04. The van der Waals surface area contributed by atoms with E-state index in [0.717, 1.165) is 0 Å². The van der Waals surface area contributed by atoms with Gasteiger partial charge in [0.05, 0.1) is 6.61 Å². The first-order valence-corrected chi connectivity index (χ1v) is 4.75. The summed E-state index contributed by atoms with van der Waals surface area (Å²) in [6, 6.07) is 6.16. The molecule has 15 heavy (non-hydrogen) atoms. The summed E-state index contributed by atoms with van der Waals surface area (Å²) in [6.07, 6.45) is -0.644. The van der Waals surface area contributed by atoms with Crippen molar-refractivity contribution in [3.63, 3.8) is 0 Å². The standard InChI is InChI=1S/C11H14O4/c1-3-14-11(13)8(2)15-10-6-4-9(12)5-7-10/h4-8,12H,3H2,1-2H3/t8-/m1/s1. The number of hydrogen-bond donors (Lipinski definition) is 1. The molecule has 0 unspecified atom stereocenters. The molecule has 82 valence electrons. The third kappa shape index (κ3) is 3.50. The molecule has 0 bridgehead atoms. The summed E-state index contributed by atoms with van der Waals surface area (Å²) in [4.78, 5) is 11.2. The van der Waals surface area contributed by atoms with E-state index in [-0.39, 0.29) is 5.75 Å². The molecule has 0 aromatic heterocycles. The summed E-state index contributed by atoms with van der Waals surface area (Å²) in [7, 11) is 0. The van der Waals surface area contributed by atoms with Gasteiger partial charge in [0.15, 0.2) is 6.10 Å². The Morgan fingerprint density at radius 1 is 1.40 bits per heavy atom. The van der Waals surface area contributed by atoms with Crippen molar-refractivity contribution in [2.45, 2.75) is 20.0 Å². The molecule has 1 aromatic carbocycles. The Balaban J connectivity index is 2.54. The van der Waals surface area contributed by atoms with E-state index >= 15 is 0 Å². The van der Waals surface area contributed by atoms with Crippen LogP contribution >= 0.6 is 0 Å². The number of carbonyl (C=O) groups is 1. The van der Waals surface area contributed by atoms with Crippen molar-refractivity contribution in [3.05, 3.63) is 24.3 Å². The van der Waals surface area contributed by atoms with Crippen molar-refractivity contribution in [1.82, 2.24) is 0 Å². The van der Waals surface area contributed by atoms with Gasteiger partial charge in [-0.3, -0.25) is 0 Å². The van der Waals surface area contributed by atoms with Crippen LogP contribution in [0.15, 0.2) is 24.3 Å². The molecule has 4 heteroatoms. The van der Waals surface area contributed by atoms with Crippen molar-refractivity contribution < 1.29 is 19.4 Å². The molecular weight excluding hydrogens is 196 g/mol. The Bertz CT molecular complexity index is 318. The van der Waals surface area contributed by atoms with Crippen molar-refractivity contribution in [2.75, 3.05) is 6.61 Å². The monoisotopic (exact) mass is 210 g/mol. The van der Waals surface area contributed by atoms with Gasteiger partial charge in [0.2, 0.25) is 0 Å². The number of benzene rings is 1. The lowest BCUT2D eigenvalue weighted by molar-refractivity contribution is -0.150. The van der Waals surface area contributed by atoms with Crippen LogP contribution in [0.1, 0.15) is 13.8 Å². The predicted octanol–water partition coefficient (Wildman–Crippen LogP) is 1.72. The Hall–Kier alpha value is -1.71. The highest BCUT2D eigenvalue weighted by molar-refractivity contribution is 5.74. The molecule has 0 aliphatic heterocycles. The molecule has 0 saturated carbocycles. The molecule has 1 N–H and O–H groups in total. The van der Waals surface area contributed by atoms with E-state index in [2.05, 4.69) is 0 Å². The number of ether oxygens (including phenoxy) is 2. The van der Waals surface area contributed by atoms with E-state index in [0.29, 0.717) is 12.4 Å². The lowest BCUT2D eigenvalue weighted by atomic mass is 10.3. The van der Waals surface area contributed by atoms with Gasteiger partial charge < -0.3 is 14.6 Å². The van der Waals surface area contributed by atoms with Crippen LogP contribution in [-0.4, -0.2) is 23.8 Å². The number of carbonyl (C=O) groups excluding carboxylic acids is 1. The van der Waals surface area contributed by atoms with Gasteiger partial charge in [-0.15, -0.1) is 0 Å². The number of phenolic OH excluding ortho intramolecular Hbond substituents is 1. The minimum atomic E-state index is -0.644. The minimum Gasteiger partial charge on any atom is -0.508 e. The van der Waals surface area contributed by atoms with Gasteiger partial charge >= 0.3 is 5.97 Å². The Morgan fingerprint density at radius 3 is 2.53 bits per heavy atom. The lowest BCUT2D eigenvalue weighted by Crippen LogP contribution is -2.25. The largest absolute Gasteiger partial charge is 0.508 e. The maximum Gasteiger partial charge on any atom is 0.347 e. The third-order valence-corrected chi connectivity index (χ3v) is 1.77. The SMILES string of the molecule is CCOC(=O)[C@@H](C)Oc1ccc(O)cc1. The van der Waals surface area contributed by atoms with Crippen LogP contribution in [0, 0.1) is 0 Å². The number of aromatic hydroxyl groups is 1. The van der Waals surface area contributed by atoms with Gasteiger partial charge in [-0.25, -0.2) is 4.79 Å². The molecule has 0 radical (unpaired) electrons. The van der Waals surface area contributed by atoms with Crippen molar-refractivity contribution >= 4 is 5.97 Å². The van der Waals surface area contributed by atoms with Crippen LogP contribution in [-0.2, 0) is 9.53 Å². The molecule has 1 atom stereocenters. The van der Waals surface area contributed by atoms with E-state index in [1.807, 2.05) is 0 Å². The van der Waals surface area contributed by atoms with E-state index in [9.17, 15) is 4.79 Å². The zero-order valence-corrected chi connectivity index (χ0v) is 8.77. The summed E-state index contributed by atoms with van der Waals surface area (Å²) in [5.74, 6) is 0.282. The normalized spacial score (nSPS) is 11.9. The summed E-state index contributed by atoms with van der Waals surface area (Å²) in [6.45, 7) is 3.69. The molecule has 4 nitrogen and oxygen atoms in total. The third-order valence-electron chi connectivity index (χ3n) is 1.77. The summed E-state index contributed by atoms with van der Waals surface area (Å²) >= 11 is 0. The summed E-state index contributed by atoms with van der Waals surface area (Å²) in [5.41, 5.74) is 0. The van der Waals surface area contributed by atoms with Gasteiger partial charge in [0.25, 0.3) is 0 Å². The number of hydrogen-bond acceptors (Lipinski definition) is 4. The molecule has 1 rings (SSSR count). The average Bonchev–Trinajstić information content (AvgIpc) is 2.22. The highest BCUT2D eigenvalue weighted by atomic mass is 16.6. The van der Waals surface area contributed by atoms with E-state index in [1.54, 1.807) is 26.0 Å². The van der Waals surface area contributed by atoms with Crippen LogP contribution in [0.4, 0.5) is 0 Å². The van der Waals surface area contributed by atoms with E-state index in [1.165, 1.54) is 12.1 Å². The van der Waals surface area contributed by atoms with E-state index in [4.69, 9.17) is 14.6 Å². The molecule has 0 fully saturated rings. The fraction of sp³-hybridized carbons (Fsp3) is 0.364. The maximum atomic E-state index is 11.2. The van der Waals surface area contributed by atoms with E-state index < -0.39 is 12.1 Å². The smallest absolute Gasteiger partial charge is 0.347 e. The van der Waals surface area contributed by atoms with Crippen molar-refractivity contribution in [3.8, 4) is 11.5 Å². The van der Waals surface area contributed by atoms with Crippen LogP contribution < -0.4 is 4.74 Å². The number of phenols is 1. The number of rotatable bonds is 4.